The molecule has 0 unspecified atom stereocenters. The second kappa shape index (κ2) is 9.02. The average molecular weight is 486 g/mol. The highest BCUT2D eigenvalue weighted by Crippen LogP contribution is 2.29. The van der Waals surface area contributed by atoms with Crippen molar-refractivity contribution in [3.63, 3.8) is 0 Å². The molecule has 34 heavy (non-hydrogen) atoms. The minimum Gasteiger partial charge on any atom is -0.305 e. The molecule has 0 radical (unpaired) electrons. The van der Waals surface area contributed by atoms with E-state index in [9.17, 15) is 26.4 Å². The Labute approximate surface area is 192 Å². The van der Waals surface area contributed by atoms with Gasteiger partial charge >= 0.3 is 6.18 Å². The van der Waals surface area contributed by atoms with Crippen LogP contribution in [0.2, 0.25) is 0 Å². The number of hydrogen-bond acceptors (Lipinski definition) is 4. The average Bonchev–Trinajstić information content (AvgIpc) is 3.27. The highest BCUT2D eigenvalue weighted by atomic mass is 32.2. The largest absolute Gasteiger partial charge is 0.416 e. The van der Waals surface area contributed by atoms with Gasteiger partial charge in [0.05, 0.1) is 16.2 Å². The number of aromatic amines is 1. The van der Waals surface area contributed by atoms with E-state index in [2.05, 4.69) is 20.2 Å². The van der Waals surface area contributed by atoms with E-state index in [0.29, 0.717) is 16.9 Å². The summed E-state index contributed by atoms with van der Waals surface area (Å²) < 4.78 is 65.7. The number of nitrogens with zero attached hydrogens (tertiary/aromatic N) is 1. The Morgan fingerprint density at radius 2 is 1.59 bits per heavy atom. The standard InChI is InChI=1S/C23H17F3N4O3S/c24-23(25,26)17-11-9-15(10-12-17)22(31)27-21-14-20(28-29-21)16-5-4-6-18(13-16)30-34(32,33)19-7-2-1-3-8-19/h1-14,30H,(H2,27,28,29,31). The molecule has 174 valence electrons. The first-order valence-corrected chi connectivity index (χ1v) is 11.3. The molecule has 0 saturated carbocycles. The number of anilines is 2. The van der Waals surface area contributed by atoms with Crippen LogP contribution < -0.4 is 10.0 Å². The molecule has 0 bridgehead atoms. The van der Waals surface area contributed by atoms with Crippen LogP contribution in [0.1, 0.15) is 15.9 Å². The third kappa shape index (κ3) is 5.26. The lowest BCUT2D eigenvalue weighted by Gasteiger charge is -2.09. The summed E-state index contributed by atoms with van der Waals surface area (Å²) >= 11 is 0. The second-order valence-electron chi connectivity index (χ2n) is 7.20. The van der Waals surface area contributed by atoms with Gasteiger partial charge < -0.3 is 5.32 Å². The number of amides is 1. The predicted molar refractivity (Wildman–Crippen MR) is 121 cm³/mol. The quantitative estimate of drug-likeness (QED) is 0.351. The van der Waals surface area contributed by atoms with Crippen molar-refractivity contribution >= 4 is 27.4 Å². The minimum atomic E-state index is -4.49. The molecule has 4 rings (SSSR count). The third-order valence-electron chi connectivity index (χ3n) is 4.77. The molecule has 11 heteroatoms. The van der Waals surface area contributed by atoms with Gasteiger partial charge in [-0.25, -0.2) is 8.42 Å². The molecule has 0 aliphatic carbocycles. The first-order chi connectivity index (χ1) is 16.1. The maximum atomic E-state index is 12.7. The number of carbonyl (C=O) groups is 1. The molecule has 0 atom stereocenters. The predicted octanol–water partition coefficient (Wildman–Crippen LogP) is 5.15. The fourth-order valence-corrected chi connectivity index (χ4v) is 4.17. The van der Waals surface area contributed by atoms with Crippen LogP contribution in [-0.2, 0) is 16.2 Å². The molecule has 7 nitrogen and oxygen atoms in total. The molecule has 0 spiro atoms. The highest BCUT2D eigenvalue weighted by molar-refractivity contribution is 7.92. The minimum absolute atomic E-state index is 0.0369. The molecule has 0 saturated heterocycles. The number of nitrogens with one attached hydrogen (secondary N) is 3. The molecule has 1 aromatic heterocycles. The van der Waals surface area contributed by atoms with E-state index in [1.54, 1.807) is 42.5 Å². The van der Waals surface area contributed by atoms with Crippen LogP contribution in [-0.4, -0.2) is 24.5 Å². The molecule has 3 N–H and O–H groups in total. The van der Waals surface area contributed by atoms with E-state index in [4.69, 9.17) is 0 Å². The summed E-state index contributed by atoms with van der Waals surface area (Å²) in [6, 6.07) is 19.8. The van der Waals surface area contributed by atoms with Crippen molar-refractivity contribution in [2.45, 2.75) is 11.1 Å². The lowest BCUT2D eigenvalue weighted by atomic mass is 10.1. The molecular formula is C23H17F3N4O3S. The van der Waals surface area contributed by atoms with Crippen molar-refractivity contribution < 1.29 is 26.4 Å². The lowest BCUT2D eigenvalue weighted by molar-refractivity contribution is -0.137. The van der Waals surface area contributed by atoms with Gasteiger partial charge in [0.15, 0.2) is 5.82 Å². The summed E-state index contributed by atoms with van der Waals surface area (Å²) in [6.07, 6.45) is -4.49. The zero-order chi connectivity index (χ0) is 24.3. The smallest absolute Gasteiger partial charge is 0.305 e. The maximum Gasteiger partial charge on any atom is 0.416 e. The van der Waals surface area contributed by atoms with Crippen LogP contribution in [0.3, 0.4) is 0 Å². The van der Waals surface area contributed by atoms with Gasteiger partial charge in [-0.15, -0.1) is 0 Å². The molecule has 0 aliphatic heterocycles. The van der Waals surface area contributed by atoms with Crippen molar-refractivity contribution in [3.05, 3.63) is 96.1 Å². The monoisotopic (exact) mass is 486 g/mol. The molecule has 4 aromatic rings. The van der Waals surface area contributed by atoms with Crippen molar-refractivity contribution in [1.82, 2.24) is 10.2 Å². The van der Waals surface area contributed by atoms with Crippen molar-refractivity contribution in [2.75, 3.05) is 10.0 Å². The van der Waals surface area contributed by atoms with Gasteiger partial charge in [-0.3, -0.25) is 14.6 Å². The number of halogens is 3. The van der Waals surface area contributed by atoms with Gasteiger partial charge in [-0.05, 0) is 48.5 Å². The molecule has 0 aliphatic rings. The zero-order valence-electron chi connectivity index (χ0n) is 17.3. The van der Waals surface area contributed by atoms with Crippen LogP contribution in [0.15, 0.2) is 89.8 Å². The number of benzene rings is 3. The third-order valence-corrected chi connectivity index (χ3v) is 6.17. The second-order valence-corrected chi connectivity index (χ2v) is 8.88. The molecular weight excluding hydrogens is 469 g/mol. The number of hydrogen-bond donors (Lipinski definition) is 3. The van der Waals surface area contributed by atoms with Crippen LogP contribution in [0.5, 0.6) is 0 Å². The number of alkyl halides is 3. The SMILES string of the molecule is O=C(Nc1cc(-c2cccc(NS(=O)(=O)c3ccccc3)c2)[nH]n1)c1ccc(C(F)(F)F)cc1. The maximum absolute atomic E-state index is 12.7. The van der Waals surface area contributed by atoms with Crippen LogP contribution in [0.25, 0.3) is 11.3 Å². The number of aromatic nitrogens is 2. The number of H-pyrrole nitrogens is 1. The molecule has 0 fully saturated rings. The van der Waals surface area contributed by atoms with Gasteiger partial charge in [0.1, 0.15) is 0 Å². The fraction of sp³-hybridized carbons (Fsp3) is 0.0435. The van der Waals surface area contributed by atoms with Crippen molar-refractivity contribution in [3.8, 4) is 11.3 Å². The summed E-state index contributed by atoms with van der Waals surface area (Å²) in [7, 11) is -3.77. The molecule has 1 heterocycles. The number of rotatable bonds is 6. The Morgan fingerprint density at radius 1 is 0.882 bits per heavy atom. The van der Waals surface area contributed by atoms with Crippen molar-refractivity contribution in [1.29, 1.82) is 0 Å². The fourth-order valence-electron chi connectivity index (χ4n) is 3.10. The van der Waals surface area contributed by atoms with Crippen LogP contribution in [0, 0.1) is 0 Å². The van der Waals surface area contributed by atoms with Gasteiger partial charge in [0.2, 0.25) is 0 Å². The van der Waals surface area contributed by atoms with Gasteiger partial charge in [-0.2, -0.15) is 18.3 Å². The molecule has 1 amide bonds. The van der Waals surface area contributed by atoms with E-state index in [-0.39, 0.29) is 16.3 Å². The van der Waals surface area contributed by atoms with E-state index >= 15 is 0 Å². The lowest BCUT2D eigenvalue weighted by Crippen LogP contribution is -2.13. The first kappa shape index (κ1) is 23.1. The topological polar surface area (TPSA) is 104 Å². The van der Waals surface area contributed by atoms with Crippen LogP contribution >= 0.6 is 0 Å². The van der Waals surface area contributed by atoms with Crippen molar-refractivity contribution in [2.24, 2.45) is 0 Å². The van der Waals surface area contributed by atoms with Gasteiger partial charge in [0, 0.05) is 22.9 Å². The van der Waals surface area contributed by atoms with E-state index in [1.165, 1.54) is 18.2 Å². The van der Waals surface area contributed by atoms with E-state index in [1.807, 2.05) is 0 Å². The Bertz CT molecular complexity index is 1420. The summed E-state index contributed by atoms with van der Waals surface area (Å²) in [5.41, 5.74) is 0.592. The van der Waals surface area contributed by atoms with E-state index in [0.717, 1.165) is 24.3 Å². The zero-order valence-corrected chi connectivity index (χ0v) is 18.1. The summed E-state index contributed by atoms with van der Waals surface area (Å²) in [6.45, 7) is 0. The first-order valence-electron chi connectivity index (χ1n) is 9.84. The van der Waals surface area contributed by atoms with Gasteiger partial charge in [-0.1, -0.05) is 30.3 Å². The van der Waals surface area contributed by atoms with E-state index < -0.39 is 27.7 Å². The Kier molecular flexibility index (Phi) is 6.12. The highest BCUT2D eigenvalue weighted by Gasteiger charge is 2.30. The van der Waals surface area contributed by atoms with Crippen LogP contribution in [0.4, 0.5) is 24.7 Å². The summed E-state index contributed by atoms with van der Waals surface area (Å²) in [5, 5.41) is 9.24. The summed E-state index contributed by atoms with van der Waals surface area (Å²) in [5.74, 6) is -0.480. The summed E-state index contributed by atoms with van der Waals surface area (Å²) in [4.78, 5) is 12.5. The van der Waals surface area contributed by atoms with Gasteiger partial charge in [0.25, 0.3) is 15.9 Å². The Hall–Kier alpha value is -4.12. The molecule has 3 aromatic carbocycles. The Balaban J connectivity index is 1.47. The Morgan fingerprint density at radius 3 is 2.26 bits per heavy atom. The number of carbonyl (C=O) groups excluding carboxylic acids is 1. The number of sulfonamides is 1. The normalized spacial score (nSPS) is 11.7.